The summed E-state index contributed by atoms with van der Waals surface area (Å²) >= 11 is 0. The standard InChI is InChI=1S/C9H13N3O2/c1-7-3-4-8(12-11-7)9(13)10-5-6-14-2/h3-4H,5-6H2,1-2H3,(H,10,13). The lowest BCUT2D eigenvalue weighted by Crippen LogP contribution is -2.27. The van der Waals surface area contributed by atoms with Crippen LogP contribution in [0.25, 0.3) is 0 Å². The van der Waals surface area contributed by atoms with E-state index in [1.54, 1.807) is 19.2 Å². The predicted octanol–water partition coefficient (Wildman–Crippen LogP) is 0.161. The van der Waals surface area contributed by atoms with Gasteiger partial charge in [-0.25, -0.2) is 0 Å². The molecular weight excluding hydrogens is 182 g/mol. The summed E-state index contributed by atoms with van der Waals surface area (Å²) < 4.78 is 4.80. The Morgan fingerprint density at radius 3 is 2.86 bits per heavy atom. The lowest BCUT2D eigenvalue weighted by molar-refractivity contribution is 0.0931. The number of carbonyl (C=O) groups is 1. The third kappa shape index (κ3) is 3.10. The van der Waals surface area contributed by atoms with Crippen LogP contribution in [0.5, 0.6) is 0 Å². The van der Waals surface area contributed by atoms with Gasteiger partial charge in [0.15, 0.2) is 5.69 Å². The van der Waals surface area contributed by atoms with Crippen molar-refractivity contribution >= 4 is 5.91 Å². The van der Waals surface area contributed by atoms with Crippen LogP contribution in [0.15, 0.2) is 12.1 Å². The molecule has 0 atom stereocenters. The second kappa shape index (κ2) is 5.29. The monoisotopic (exact) mass is 195 g/mol. The fraction of sp³-hybridized carbons (Fsp3) is 0.444. The molecule has 1 aromatic heterocycles. The number of carbonyl (C=O) groups excluding carboxylic acids is 1. The zero-order valence-corrected chi connectivity index (χ0v) is 8.28. The normalized spacial score (nSPS) is 9.86. The average Bonchev–Trinajstić information content (AvgIpc) is 2.19. The molecule has 0 radical (unpaired) electrons. The van der Waals surface area contributed by atoms with E-state index in [-0.39, 0.29) is 5.91 Å². The number of hydrogen-bond acceptors (Lipinski definition) is 4. The van der Waals surface area contributed by atoms with E-state index in [0.717, 1.165) is 5.69 Å². The molecule has 0 fully saturated rings. The van der Waals surface area contributed by atoms with Crippen molar-refractivity contribution in [3.8, 4) is 0 Å². The molecule has 1 heterocycles. The van der Waals surface area contributed by atoms with Crippen LogP contribution >= 0.6 is 0 Å². The number of aryl methyl sites for hydroxylation is 1. The highest BCUT2D eigenvalue weighted by molar-refractivity contribution is 5.91. The first-order valence-electron chi connectivity index (χ1n) is 4.31. The van der Waals surface area contributed by atoms with Crippen molar-refractivity contribution in [2.24, 2.45) is 0 Å². The second-order valence-electron chi connectivity index (χ2n) is 2.81. The molecule has 5 heteroatoms. The highest BCUT2D eigenvalue weighted by Gasteiger charge is 2.05. The van der Waals surface area contributed by atoms with Gasteiger partial charge in [0.05, 0.1) is 12.3 Å². The Morgan fingerprint density at radius 2 is 2.29 bits per heavy atom. The van der Waals surface area contributed by atoms with Gasteiger partial charge in [0.25, 0.3) is 5.91 Å². The van der Waals surface area contributed by atoms with E-state index in [2.05, 4.69) is 15.5 Å². The fourth-order valence-corrected chi connectivity index (χ4v) is 0.877. The Morgan fingerprint density at radius 1 is 1.50 bits per heavy atom. The summed E-state index contributed by atoms with van der Waals surface area (Å²) in [5, 5.41) is 10.2. The third-order valence-corrected chi connectivity index (χ3v) is 1.62. The summed E-state index contributed by atoms with van der Waals surface area (Å²) in [6.07, 6.45) is 0. The zero-order chi connectivity index (χ0) is 10.4. The zero-order valence-electron chi connectivity index (χ0n) is 8.28. The van der Waals surface area contributed by atoms with Crippen LogP contribution in [-0.4, -0.2) is 36.4 Å². The molecular formula is C9H13N3O2. The number of rotatable bonds is 4. The van der Waals surface area contributed by atoms with E-state index in [9.17, 15) is 4.79 Å². The van der Waals surface area contributed by atoms with Crippen molar-refractivity contribution in [1.29, 1.82) is 0 Å². The molecule has 0 aliphatic carbocycles. The number of aromatic nitrogens is 2. The van der Waals surface area contributed by atoms with E-state index in [0.29, 0.717) is 18.8 Å². The van der Waals surface area contributed by atoms with Gasteiger partial charge in [0, 0.05) is 13.7 Å². The van der Waals surface area contributed by atoms with Crippen molar-refractivity contribution in [2.45, 2.75) is 6.92 Å². The Labute approximate surface area is 82.5 Å². The molecule has 0 saturated heterocycles. The number of nitrogens with one attached hydrogen (secondary N) is 1. The molecule has 1 rings (SSSR count). The number of amides is 1. The summed E-state index contributed by atoms with van der Waals surface area (Å²) in [5.41, 5.74) is 1.12. The summed E-state index contributed by atoms with van der Waals surface area (Å²) in [6, 6.07) is 3.39. The van der Waals surface area contributed by atoms with Crippen LogP contribution in [0, 0.1) is 6.92 Å². The summed E-state index contributed by atoms with van der Waals surface area (Å²) in [5.74, 6) is -0.227. The van der Waals surface area contributed by atoms with Crippen molar-refractivity contribution in [3.05, 3.63) is 23.5 Å². The SMILES string of the molecule is COCCNC(=O)c1ccc(C)nn1. The molecule has 1 aromatic rings. The van der Waals surface area contributed by atoms with Gasteiger partial charge in [0.1, 0.15) is 0 Å². The van der Waals surface area contributed by atoms with Crippen LogP contribution in [0.2, 0.25) is 0 Å². The van der Waals surface area contributed by atoms with Gasteiger partial charge in [-0.2, -0.15) is 5.10 Å². The summed E-state index contributed by atoms with van der Waals surface area (Å²) in [7, 11) is 1.58. The van der Waals surface area contributed by atoms with Crippen LogP contribution in [0.1, 0.15) is 16.2 Å². The molecule has 5 nitrogen and oxygen atoms in total. The van der Waals surface area contributed by atoms with Crippen molar-refractivity contribution in [3.63, 3.8) is 0 Å². The quantitative estimate of drug-likeness (QED) is 0.695. The second-order valence-corrected chi connectivity index (χ2v) is 2.81. The van der Waals surface area contributed by atoms with Crippen LogP contribution in [0.3, 0.4) is 0 Å². The molecule has 14 heavy (non-hydrogen) atoms. The molecule has 76 valence electrons. The van der Waals surface area contributed by atoms with Gasteiger partial charge in [-0.05, 0) is 19.1 Å². The Kier molecular flexibility index (Phi) is 4.00. The molecule has 1 amide bonds. The van der Waals surface area contributed by atoms with Crippen LogP contribution in [0.4, 0.5) is 0 Å². The maximum absolute atomic E-state index is 11.4. The van der Waals surface area contributed by atoms with E-state index < -0.39 is 0 Å². The Bertz CT molecular complexity index is 297. The van der Waals surface area contributed by atoms with Gasteiger partial charge in [-0.15, -0.1) is 5.10 Å². The van der Waals surface area contributed by atoms with Crippen molar-refractivity contribution < 1.29 is 9.53 Å². The van der Waals surface area contributed by atoms with Gasteiger partial charge >= 0.3 is 0 Å². The van der Waals surface area contributed by atoms with E-state index >= 15 is 0 Å². The van der Waals surface area contributed by atoms with Gasteiger partial charge in [-0.1, -0.05) is 0 Å². The number of hydrogen-bond donors (Lipinski definition) is 1. The predicted molar refractivity (Wildman–Crippen MR) is 51.0 cm³/mol. The minimum Gasteiger partial charge on any atom is -0.383 e. The smallest absolute Gasteiger partial charge is 0.271 e. The first kappa shape index (κ1) is 10.6. The molecule has 0 spiro atoms. The average molecular weight is 195 g/mol. The fourth-order valence-electron chi connectivity index (χ4n) is 0.877. The van der Waals surface area contributed by atoms with Gasteiger partial charge in [0.2, 0.25) is 0 Å². The first-order chi connectivity index (χ1) is 6.74. The van der Waals surface area contributed by atoms with Crippen LogP contribution < -0.4 is 5.32 Å². The van der Waals surface area contributed by atoms with Crippen LogP contribution in [-0.2, 0) is 4.74 Å². The number of nitrogens with zero attached hydrogens (tertiary/aromatic N) is 2. The first-order valence-corrected chi connectivity index (χ1v) is 4.31. The summed E-state index contributed by atoms with van der Waals surface area (Å²) in [6.45, 7) is 2.79. The molecule has 0 aliphatic heterocycles. The van der Waals surface area contributed by atoms with Gasteiger partial charge < -0.3 is 10.1 Å². The number of ether oxygens (including phenoxy) is 1. The topological polar surface area (TPSA) is 64.1 Å². The maximum atomic E-state index is 11.4. The molecule has 0 saturated carbocycles. The van der Waals surface area contributed by atoms with E-state index in [4.69, 9.17) is 4.74 Å². The number of methoxy groups -OCH3 is 1. The lowest BCUT2D eigenvalue weighted by atomic mass is 10.3. The largest absolute Gasteiger partial charge is 0.383 e. The third-order valence-electron chi connectivity index (χ3n) is 1.62. The molecule has 1 N–H and O–H groups in total. The minimum absolute atomic E-state index is 0.227. The van der Waals surface area contributed by atoms with Gasteiger partial charge in [-0.3, -0.25) is 4.79 Å². The highest BCUT2D eigenvalue weighted by Crippen LogP contribution is 1.94. The molecule has 0 unspecified atom stereocenters. The van der Waals surface area contributed by atoms with E-state index in [1.165, 1.54) is 0 Å². The Balaban J connectivity index is 2.48. The Hall–Kier alpha value is -1.49. The molecule has 0 bridgehead atoms. The highest BCUT2D eigenvalue weighted by atomic mass is 16.5. The molecule has 0 aliphatic rings. The molecule has 0 aromatic carbocycles. The summed E-state index contributed by atoms with van der Waals surface area (Å²) in [4.78, 5) is 11.4. The van der Waals surface area contributed by atoms with Crippen molar-refractivity contribution in [2.75, 3.05) is 20.3 Å². The minimum atomic E-state index is -0.227. The maximum Gasteiger partial charge on any atom is 0.271 e. The lowest BCUT2D eigenvalue weighted by Gasteiger charge is -2.02. The van der Waals surface area contributed by atoms with E-state index in [1.807, 2.05) is 6.92 Å². The van der Waals surface area contributed by atoms with Crippen molar-refractivity contribution in [1.82, 2.24) is 15.5 Å².